The number of carbonyl (C=O) groups excluding carboxylic acids is 5. The number of ketones is 3. The van der Waals surface area contributed by atoms with Crippen molar-refractivity contribution in [1.29, 1.82) is 0 Å². The van der Waals surface area contributed by atoms with Crippen LogP contribution in [0.5, 0.6) is 11.5 Å². The maximum Gasteiger partial charge on any atom is 0.255 e. The average molecular weight is 862 g/mol. The van der Waals surface area contributed by atoms with Gasteiger partial charge in [-0.25, -0.2) is 0 Å². The summed E-state index contributed by atoms with van der Waals surface area (Å²) in [7, 11) is 3.12. The number of benzene rings is 2. The van der Waals surface area contributed by atoms with Gasteiger partial charge in [-0.2, -0.15) is 0 Å². The molecule has 63 heavy (non-hydrogen) atoms. The number of aliphatic hydroxyl groups is 7. The van der Waals surface area contributed by atoms with E-state index in [9.17, 15) is 69.9 Å². The summed E-state index contributed by atoms with van der Waals surface area (Å²) in [5, 5.41) is 101. The summed E-state index contributed by atoms with van der Waals surface area (Å²) in [6.45, 7) is 0. The van der Waals surface area contributed by atoms with Crippen LogP contribution in [0.2, 0.25) is 0 Å². The van der Waals surface area contributed by atoms with Crippen molar-refractivity contribution in [3.63, 3.8) is 0 Å². The van der Waals surface area contributed by atoms with Crippen molar-refractivity contribution in [2.75, 3.05) is 14.1 Å². The zero-order valence-electron chi connectivity index (χ0n) is 33.9. The molecule has 2 fully saturated rings. The smallest absolute Gasteiger partial charge is 0.255 e. The monoisotopic (exact) mass is 861 g/mol. The largest absolute Gasteiger partial charge is 0.510 e. The van der Waals surface area contributed by atoms with Crippen LogP contribution in [0.25, 0.3) is 11.5 Å². The average Bonchev–Trinajstić information content (AvgIpc) is 3.20. The van der Waals surface area contributed by atoms with Crippen LogP contribution >= 0.6 is 0 Å². The molecule has 8 rings (SSSR count). The molecular formula is C46H43N3O14. The Kier molecular flexibility index (Phi) is 10.1. The lowest BCUT2D eigenvalue weighted by Crippen LogP contribution is -2.68. The van der Waals surface area contributed by atoms with Gasteiger partial charge in [0.1, 0.15) is 46.2 Å². The molecule has 0 saturated heterocycles. The predicted octanol–water partition coefficient (Wildman–Crippen LogP) is 0.677. The number of Topliss-reactive ketones (excluding diaryl/α,β-unsaturated/α-hetero) is 3. The molecular weight excluding hydrogens is 819 g/mol. The van der Waals surface area contributed by atoms with Gasteiger partial charge in [0.05, 0.1) is 22.7 Å². The van der Waals surface area contributed by atoms with Gasteiger partial charge in [0.2, 0.25) is 5.78 Å². The van der Waals surface area contributed by atoms with Gasteiger partial charge >= 0.3 is 0 Å². The number of unbranched alkanes of at least 4 members (excludes halogenated alkanes) is 1. The van der Waals surface area contributed by atoms with E-state index in [-0.39, 0.29) is 72.3 Å². The van der Waals surface area contributed by atoms with Crippen LogP contribution in [-0.4, -0.2) is 117 Å². The number of nitrogens with zero attached hydrogens (tertiary/aromatic N) is 1. The minimum Gasteiger partial charge on any atom is -0.510 e. The van der Waals surface area contributed by atoms with Gasteiger partial charge in [-0.05, 0) is 87.0 Å². The molecule has 6 aliphatic carbocycles. The van der Waals surface area contributed by atoms with E-state index in [0.717, 1.165) is 0 Å². The lowest BCUT2D eigenvalue weighted by Gasteiger charge is -2.53. The molecule has 8 atom stereocenters. The lowest BCUT2D eigenvalue weighted by molar-refractivity contribution is -0.170. The highest BCUT2D eigenvalue weighted by molar-refractivity contribution is 6.23. The molecule has 0 heterocycles. The lowest BCUT2D eigenvalue weighted by atomic mass is 9.56. The Labute approximate surface area is 358 Å². The molecule has 17 heteroatoms. The molecule has 2 amide bonds. The molecule has 1 unspecified atom stereocenters. The summed E-state index contributed by atoms with van der Waals surface area (Å²) in [6, 6.07) is 4.58. The summed E-state index contributed by atoms with van der Waals surface area (Å²) in [5.74, 6) is -0.846. The molecule has 17 nitrogen and oxygen atoms in total. The van der Waals surface area contributed by atoms with E-state index >= 15 is 0 Å². The van der Waals surface area contributed by atoms with Crippen molar-refractivity contribution in [3.8, 4) is 35.2 Å². The van der Waals surface area contributed by atoms with E-state index in [4.69, 9.17) is 11.5 Å². The number of phenols is 2. The molecule has 0 spiro atoms. The van der Waals surface area contributed by atoms with Crippen molar-refractivity contribution in [3.05, 3.63) is 91.5 Å². The maximum atomic E-state index is 14.2. The number of primary amides is 2. The highest BCUT2D eigenvalue weighted by Gasteiger charge is 2.65. The van der Waals surface area contributed by atoms with Crippen LogP contribution in [-0.2, 0) is 36.8 Å². The Hall–Kier alpha value is -6.89. The molecule has 13 N–H and O–H groups in total. The Bertz CT molecular complexity index is 2770. The zero-order valence-corrected chi connectivity index (χ0v) is 33.9. The first-order valence-corrected chi connectivity index (χ1v) is 20.1. The Morgan fingerprint density at radius 1 is 0.746 bits per heavy atom. The van der Waals surface area contributed by atoms with Gasteiger partial charge in [0.25, 0.3) is 11.8 Å². The SMILES string of the molecule is CN(C)[C@@H]1C(O)=C(C(N)=O)C(O)[C@@]2(O)C(=O)C3=C(O)c4c(O)ccc(C#CCCC#Cc5ccc(O)c6c5C[C@H]5C[C@H]7CC(=O)C(C(N)=O)=C(O)[C@@]7(O)C(=O)C5=C6O)c4C[C@H]3C[C@@H]12. The fourth-order valence-electron chi connectivity index (χ4n) is 10.7. The van der Waals surface area contributed by atoms with Gasteiger partial charge in [-0.1, -0.05) is 23.7 Å². The van der Waals surface area contributed by atoms with Crippen molar-refractivity contribution in [1.82, 2.24) is 4.90 Å². The first-order chi connectivity index (χ1) is 29.7. The summed E-state index contributed by atoms with van der Waals surface area (Å²) in [5.41, 5.74) is 4.81. The third kappa shape index (κ3) is 6.06. The number of carbonyl (C=O) groups is 5. The second kappa shape index (κ2) is 14.9. The van der Waals surface area contributed by atoms with E-state index in [0.29, 0.717) is 22.3 Å². The van der Waals surface area contributed by atoms with Gasteiger partial charge in [-0.3, -0.25) is 28.9 Å². The minimum atomic E-state index is -2.68. The van der Waals surface area contributed by atoms with E-state index in [1.807, 2.05) is 0 Å². The van der Waals surface area contributed by atoms with Gasteiger partial charge in [-0.15, -0.1) is 0 Å². The van der Waals surface area contributed by atoms with Crippen molar-refractivity contribution >= 4 is 40.7 Å². The summed E-state index contributed by atoms with van der Waals surface area (Å²) < 4.78 is 0. The number of hydrogen-bond donors (Lipinski definition) is 11. The van der Waals surface area contributed by atoms with Crippen molar-refractivity contribution in [2.45, 2.75) is 68.3 Å². The summed E-state index contributed by atoms with van der Waals surface area (Å²) in [6.07, 6.45) is -2.07. The molecule has 326 valence electrons. The first kappa shape index (κ1) is 42.8. The number of phenolic OH excluding ortho intramolecular Hbond substituents is 2. The molecule has 0 aromatic heterocycles. The van der Waals surface area contributed by atoms with E-state index < -0.39 is 117 Å². The quantitative estimate of drug-likeness (QED) is 0.114. The normalized spacial score (nSPS) is 29.7. The van der Waals surface area contributed by atoms with Crippen molar-refractivity contribution < 1.29 is 69.9 Å². The van der Waals surface area contributed by atoms with Gasteiger partial charge < -0.3 is 57.4 Å². The summed E-state index contributed by atoms with van der Waals surface area (Å²) >= 11 is 0. The third-order valence-electron chi connectivity index (χ3n) is 13.6. The number of fused-ring (bicyclic) bond motifs is 6. The molecule has 2 saturated carbocycles. The minimum absolute atomic E-state index is 0.0245. The van der Waals surface area contributed by atoms with Crippen LogP contribution in [0.15, 0.2) is 58.1 Å². The van der Waals surface area contributed by atoms with Crippen LogP contribution in [0.3, 0.4) is 0 Å². The van der Waals surface area contributed by atoms with E-state index in [1.165, 1.54) is 17.0 Å². The number of rotatable bonds is 4. The fourth-order valence-corrected chi connectivity index (χ4v) is 10.7. The number of aliphatic hydroxyl groups excluding tert-OH is 5. The molecule has 2 aromatic carbocycles. The molecule has 0 aliphatic heterocycles. The topological polar surface area (TPSA) is 323 Å². The first-order valence-electron chi connectivity index (χ1n) is 20.1. The summed E-state index contributed by atoms with van der Waals surface area (Å²) in [4.78, 5) is 66.4. The third-order valence-corrected chi connectivity index (χ3v) is 13.6. The number of hydrogen-bond acceptors (Lipinski definition) is 15. The molecule has 0 radical (unpaired) electrons. The number of amides is 2. The Balaban J connectivity index is 1.05. The maximum absolute atomic E-state index is 14.2. The molecule has 6 aliphatic rings. The number of likely N-dealkylation sites (N-methyl/N-ethyl adjacent to an activating group) is 1. The van der Waals surface area contributed by atoms with Gasteiger partial charge in [0, 0.05) is 53.4 Å². The Morgan fingerprint density at radius 2 is 1.25 bits per heavy atom. The van der Waals surface area contributed by atoms with E-state index in [1.54, 1.807) is 26.2 Å². The number of aromatic hydroxyl groups is 2. The second-order valence-corrected chi connectivity index (χ2v) is 17.1. The van der Waals surface area contributed by atoms with Gasteiger partial charge in [0.15, 0.2) is 22.8 Å². The standard InChI is InChI=1S/C46H43N3O14/c1-49(2)35-25-16-21-15-24-19(10-12-27(51)32(24)37(54)30(21)40(57)46(25,63)42(59)34(38(35)55)44(48)61)8-6-4-3-5-7-18-9-11-26(50)31-23(18)14-20-13-22-17-28(52)33(43(47)60)41(58)45(22,62)39(56)29(20)36(31)53/h9-12,20-22,25,35,42,50-51,53-55,58-59,62-63H,3-4,13-17H2,1-2H3,(H2,47,60)(H2,48,61)/t20-,21+,22+,25+,35+,42?,45+,46+/m1/s1. The predicted molar refractivity (Wildman–Crippen MR) is 220 cm³/mol. The number of nitrogens with two attached hydrogens (primary N) is 2. The van der Waals surface area contributed by atoms with Crippen LogP contribution in [0.1, 0.15) is 65.5 Å². The second-order valence-electron chi connectivity index (χ2n) is 17.1. The fraction of sp³-hybridized carbons (Fsp3) is 0.370. The highest BCUT2D eigenvalue weighted by Crippen LogP contribution is 2.54. The van der Waals surface area contributed by atoms with Crippen LogP contribution < -0.4 is 11.5 Å². The Morgan fingerprint density at radius 3 is 1.75 bits per heavy atom. The molecule has 2 aromatic rings. The molecule has 0 bridgehead atoms. The van der Waals surface area contributed by atoms with Crippen LogP contribution in [0, 0.1) is 47.4 Å². The van der Waals surface area contributed by atoms with Crippen molar-refractivity contribution in [2.24, 2.45) is 35.1 Å². The van der Waals surface area contributed by atoms with Crippen LogP contribution in [0.4, 0.5) is 0 Å². The van der Waals surface area contributed by atoms with E-state index in [2.05, 4.69) is 23.7 Å². The highest BCUT2D eigenvalue weighted by atomic mass is 16.4. The zero-order chi connectivity index (χ0) is 45.8.